The Hall–Kier alpha value is -2.99. The van der Waals surface area contributed by atoms with Crippen molar-refractivity contribution in [3.8, 4) is 0 Å². The lowest BCUT2D eigenvalue weighted by Gasteiger charge is -2.09. The van der Waals surface area contributed by atoms with Crippen molar-refractivity contribution >= 4 is 34.7 Å². The Kier molecular flexibility index (Phi) is 4.90. The van der Waals surface area contributed by atoms with Crippen LogP contribution < -0.4 is 10.6 Å². The van der Waals surface area contributed by atoms with Gasteiger partial charge in [-0.2, -0.15) is 0 Å². The zero-order valence-corrected chi connectivity index (χ0v) is 13.5. The number of anilines is 3. The zero-order valence-electron chi connectivity index (χ0n) is 12.8. The first-order valence-corrected chi connectivity index (χ1v) is 7.64. The third kappa shape index (κ3) is 4.30. The molecule has 0 saturated heterocycles. The topological polar surface area (TPSA) is 54.0 Å². The van der Waals surface area contributed by atoms with Crippen LogP contribution in [0.1, 0.15) is 10.4 Å². The number of rotatable bonds is 4. The van der Waals surface area contributed by atoms with Crippen LogP contribution in [0.4, 0.5) is 26.0 Å². The van der Waals surface area contributed by atoms with Gasteiger partial charge in [0.15, 0.2) is 0 Å². The number of benzene rings is 2. The van der Waals surface area contributed by atoms with Crippen molar-refractivity contribution in [3.05, 3.63) is 83.0 Å². The van der Waals surface area contributed by atoms with E-state index in [1.54, 1.807) is 6.07 Å². The summed E-state index contributed by atoms with van der Waals surface area (Å²) in [6.07, 6.45) is 1.45. The number of hydrogen-bond acceptors (Lipinski definition) is 3. The van der Waals surface area contributed by atoms with Gasteiger partial charge in [0.05, 0.1) is 5.02 Å². The first kappa shape index (κ1) is 16.9. The second kappa shape index (κ2) is 7.27. The Balaban J connectivity index is 1.76. The van der Waals surface area contributed by atoms with Gasteiger partial charge in [-0.15, -0.1) is 0 Å². The van der Waals surface area contributed by atoms with E-state index in [1.807, 2.05) is 0 Å². The molecular formula is C18H12ClF2N3O. The van der Waals surface area contributed by atoms with Gasteiger partial charge in [0.2, 0.25) is 0 Å². The smallest absolute Gasteiger partial charge is 0.255 e. The standard InChI is InChI=1S/C18H12ClF2N3O/c19-15-10-14(4-5-16(15)21)23-17-8-11(6-7-22-17)18(25)24-13-3-1-2-12(20)9-13/h1-10H,(H,22,23)(H,24,25). The molecule has 0 aliphatic heterocycles. The number of halogens is 3. The van der Waals surface area contributed by atoms with Crippen LogP contribution in [-0.4, -0.2) is 10.9 Å². The van der Waals surface area contributed by atoms with E-state index in [2.05, 4.69) is 15.6 Å². The number of carbonyl (C=O) groups excluding carboxylic acids is 1. The van der Waals surface area contributed by atoms with E-state index in [9.17, 15) is 13.6 Å². The molecule has 0 aliphatic carbocycles. The van der Waals surface area contributed by atoms with Crippen LogP contribution in [-0.2, 0) is 0 Å². The quantitative estimate of drug-likeness (QED) is 0.688. The van der Waals surface area contributed by atoms with Gasteiger partial charge in [-0.05, 0) is 48.5 Å². The monoisotopic (exact) mass is 359 g/mol. The number of aromatic nitrogens is 1. The van der Waals surface area contributed by atoms with Crippen LogP contribution in [0.5, 0.6) is 0 Å². The van der Waals surface area contributed by atoms with Crippen LogP contribution in [0.2, 0.25) is 5.02 Å². The molecule has 7 heteroatoms. The number of nitrogens with zero attached hydrogens (tertiary/aromatic N) is 1. The lowest BCUT2D eigenvalue weighted by molar-refractivity contribution is 0.102. The predicted molar refractivity (Wildman–Crippen MR) is 93.3 cm³/mol. The van der Waals surface area contributed by atoms with Gasteiger partial charge in [-0.1, -0.05) is 17.7 Å². The van der Waals surface area contributed by atoms with E-state index in [4.69, 9.17) is 11.6 Å². The van der Waals surface area contributed by atoms with Crippen molar-refractivity contribution in [2.24, 2.45) is 0 Å². The molecule has 25 heavy (non-hydrogen) atoms. The number of hydrogen-bond donors (Lipinski definition) is 2. The maximum absolute atomic E-state index is 13.2. The molecule has 2 N–H and O–H groups in total. The Morgan fingerprint density at radius 1 is 1.00 bits per heavy atom. The Bertz CT molecular complexity index is 934. The second-order valence-electron chi connectivity index (χ2n) is 5.15. The van der Waals surface area contributed by atoms with Crippen molar-refractivity contribution in [2.45, 2.75) is 0 Å². The molecule has 0 atom stereocenters. The molecule has 0 saturated carbocycles. The first-order valence-electron chi connectivity index (χ1n) is 7.26. The molecule has 0 unspecified atom stereocenters. The fourth-order valence-corrected chi connectivity index (χ4v) is 2.31. The summed E-state index contributed by atoms with van der Waals surface area (Å²) in [6.45, 7) is 0. The van der Waals surface area contributed by atoms with Gasteiger partial charge in [-0.3, -0.25) is 4.79 Å². The highest BCUT2D eigenvalue weighted by Crippen LogP contribution is 2.22. The minimum atomic E-state index is -0.525. The van der Waals surface area contributed by atoms with E-state index >= 15 is 0 Å². The molecule has 1 aromatic heterocycles. The van der Waals surface area contributed by atoms with Crippen LogP contribution in [0.15, 0.2) is 60.8 Å². The highest BCUT2D eigenvalue weighted by Gasteiger charge is 2.09. The molecule has 3 rings (SSSR count). The number of nitrogens with one attached hydrogen (secondary N) is 2. The molecular weight excluding hydrogens is 348 g/mol. The third-order valence-electron chi connectivity index (χ3n) is 3.30. The van der Waals surface area contributed by atoms with Gasteiger partial charge in [0.1, 0.15) is 17.5 Å². The summed E-state index contributed by atoms with van der Waals surface area (Å²) >= 11 is 5.73. The van der Waals surface area contributed by atoms with Gasteiger partial charge in [0.25, 0.3) is 5.91 Å². The van der Waals surface area contributed by atoms with Crippen molar-refractivity contribution < 1.29 is 13.6 Å². The lowest BCUT2D eigenvalue weighted by Crippen LogP contribution is -2.12. The molecule has 0 bridgehead atoms. The molecule has 1 heterocycles. The van der Waals surface area contributed by atoms with Crippen molar-refractivity contribution in [2.75, 3.05) is 10.6 Å². The molecule has 0 radical (unpaired) electrons. The predicted octanol–water partition coefficient (Wildman–Crippen LogP) is 5.01. The average Bonchev–Trinajstić information content (AvgIpc) is 2.58. The largest absolute Gasteiger partial charge is 0.340 e. The maximum atomic E-state index is 13.2. The summed E-state index contributed by atoms with van der Waals surface area (Å²) < 4.78 is 26.4. The Labute approximate surface area is 147 Å². The fourth-order valence-electron chi connectivity index (χ4n) is 2.13. The van der Waals surface area contributed by atoms with E-state index in [0.717, 1.165) is 0 Å². The first-order chi connectivity index (χ1) is 12.0. The normalized spacial score (nSPS) is 10.4. The Morgan fingerprint density at radius 3 is 2.60 bits per heavy atom. The number of pyridine rings is 1. The summed E-state index contributed by atoms with van der Waals surface area (Å²) in [5.41, 5.74) is 1.21. The van der Waals surface area contributed by atoms with E-state index in [-0.39, 0.29) is 5.02 Å². The second-order valence-corrected chi connectivity index (χ2v) is 5.56. The van der Waals surface area contributed by atoms with Crippen LogP contribution in [0.25, 0.3) is 0 Å². The highest BCUT2D eigenvalue weighted by atomic mass is 35.5. The lowest BCUT2D eigenvalue weighted by atomic mass is 10.2. The molecule has 0 fully saturated rings. The van der Waals surface area contributed by atoms with Crippen LogP contribution in [0.3, 0.4) is 0 Å². The maximum Gasteiger partial charge on any atom is 0.255 e. The SMILES string of the molecule is O=C(Nc1cccc(F)c1)c1ccnc(Nc2ccc(F)c(Cl)c2)c1. The highest BCUT2D eigenvalue weighted by molar-refractivity contribution is 6.31. The number of amides is 1. The van der Waals surface area contributed by atoms with E-state index in [0.29, 0.717) is 22.8 Å². The van der Waals surface area contributed by atoms with Crippen LogP contribution in [0, 0.1) is 11.6 Å². The summed E-state index contributed by atoms with van der Waals surface area (Å²) in [6, 6.07) is 12.8. The minimum absolute atomic E-state index is 0.0231. The average molecular weight is 360 g/mol. The van der Waals surface area contributed by atoms with Gasteiger partial charge >= 0.3 is 0 Å². The molecule has 126 valence electrons. The zero-order chi connectivity index (χ0) is 17.8. The van der Waals surface area contributed by atoms with E-state index in [1.165, 1.54) is 54.7 Å². The summed E-state index contributed by atoms with van der Waals surface area (Å²) in [7, 11) is 0. The van der Waals surface area contributed by atoms with Crippen LogP contribution >= 0.6 is 11.6 Å². The van der Waals surface area contributed by atoms with Crippen molar-refractivity contribution in [3.63, 3.8) is 0 Å². The van der Waals surface area contributed by atoms with Gasteiger partial charge < -0.3 is 10.6 Å². The molecule has 2 aromatic carbocycles. The third-order valence-corrected chi connectivity index (χ3v) is 3.59. The molecule has 0 aliphatic rings. The summed E-state index contributed by atoms with van der Waals surface area (Å²) in [4.78, 5) is 16.4. The van der Waals surface area contributed by atoms with Gasteiger partial charge in [-0.25, -0.2) is 13.8 Å². The van der Waals surface area contributed by atoms with Crippen molar-refractivity contribution in [1.29, 1.82) is 0 Å². The Morgan fingerprint density at radius 2 is 1.84 bits per heavy atom. The minimum Gasteiger partial charge on any atom is -0.340 e. The summed E-state index contributed by atoms with van der Waals surface area (Å²) in [5, 5.41) is 5.52. The molecule has 0 spiro atoms. The van der Waals surface area contributed by atoms with E-state index < -0.39 is 17.5 Å². The molecule has 3 aromatic rings. The van der Waals surface area contributed by atoms with Gasteiger partial charge in [0, 0.05) is 23.1 Å². The van der Waals surface area contributed by atoms with Crippen molar-refractivity contribution in [1.82, 2.24) is 4.98 Å². The molecule has 1 amide bonds. The fraction of sp³-hybridized carbons (Fsp3) is 0. The number of carbonyl (C=O) groups is 1. The summed E-state index contributed by atoms with van der Waals surface area (Å²) in [5.74, 6) is -0.991. The molecule has 4 nitrogen and oxygen atoms in total.